The van der Waals surface area contributed by atoms with Gasteiger partial charge in [-0.1, -0.05) is 48.5 Å². The predicted octanol–water partition coefficient (Wildman–Crippen LogP) is -0.0337. The average Bonchev–Trinajstić information content (AvgIpc) is 3.32. The maximum absolute atomic E-state index is 13.4. The lowest BCUT2D eigenvalue weighted by Gasteiger charge is -2.24. The second-order valence-electron chi connectivity index (χ2n) is 9.48. The minimum atomic E-state index is -1.04. The van der Waals surface area contributed by atoms with Crippen LogP contribution in [0.5, 0.6) is 0 Å². The molecule has 12 heteroatoms. The normalized spacial score (nSPS) is 13.0. The summed E-state index contributed by atoms with van der Waals surface area (Å²) >= 11 is 0. The number of aromatic amines is 1. The lowest BCUT2D eigenvalue weighted by molar-refractivity contribution is -0.133. The number of H-pyrrole nitrogens is 1. The van der Waals surface area contributed by atoms with Crippen molar-refractivity contribution in [3.05, 3.63) is 71.9 Å². The van der Waals surface area contributed by atoms with E-state index in [0.717, 1.165) is 22.0 Å². The highest BCUT2D eigenvalue weighted by molar-refractivity contribution is 5.94. The third-order valence-electron chi connectivity index (χ3n) is 6.31. The molecule has 3 rings (SSSR count). The van der Waals surface area contributed by atoms with Crippen LogP contribution in [0.25, 0.3) is 10.9 Å². The Morgan fingerprint density at radius 2 is 1.48 bits per heavy atom. The van der Waals surface area contributed by atoms with Crippen LogP contribution in [0.1, 0.15) is 30.9 Å². The van der Waals surface area contributed by atoms with Gasteiger partial charge in [-0.15, -0.1) is 0 Å². The van der Waals surface area contributed by atoms with Gasteiger partial charge >= 0.3 is 0 Å². The zero-order chi connectivity index (χ0) is 29.1. The Morgan fingerprint density at radius 1 is 0.825 bits per heavy atom. The molecule has 0 aliphatic heterocycles. The van der Waals surface area contributed by atoms with Crippen LogP contribution in [0.15, 0.2) is 65.8 Å². The lowest BCUT2D eigenvalue weighted by Crippen LogP contribution is -2.57. The topological polar surface area (TPSA) is 211 Å². The maximum Gasteiger partial charge on any atom is 0.243 e. The van der Waals surface area contributed by atoms with Gasteiger partial charge in [0.05, 0.1) is 0 Å². The molecule has 40 heavy (non-hydrogen) atoms. The van der Waals surface area contributed by atoms with Crippen LogP contribution < -0.4 is 33.2 Å². The molecule has 0 fully saturated rings. The molecule has 0 aliphatic rings. The molecule has 3 atom stereocenters. The summed E-state index contributed by atoms with van der Waals surface area (Å²) in [6.07, 6.45) is 2.68. The van der Waals surface area contributed by atoms with E-state index in [2.05, 4.69) is 25.9 Å². The Bertz CT molecular complexity index is 1350. The van der Waals surface area contributed by atoms with Gasteiger partial charge < -0.3 is 38.1 Å². The van der Waals surface area contributed by atoms with Crippen LogP contribution in [0.3, 0.4) is 0 Å². The van der Waals surface area contributed by atoms with Crippen LogP contribution in [-0.4, -0.2) is 59.2 Å². The van der Waals surface area contributed by atoms with Gasteiger partial charge in [0.2, 0.25) is 23.6 Å². The Hall–Kier alpha value is -4.87. The number of amides is 4. The highest BCUT2D eigenvalue weighted by Gasteiger charge is 2.29. The number of nitrogens with two attached hydrogens (primary N) is 3. The minimum Gasteiger partial charge on any atom is -0.370 e. The van der Waals surface area contributed by atoms with Gasteiger partial charge in [-0.2, -0.15) is 0 Å². The molecule has 0 saturated heterocycles. The van der Waals surface area contributed by atoms with Crippen molar-refractivity contribution in [2.75, 3.05) is 6.54 Å². The van der Waals surface area contributed by atoms with Crippen molar-refractivity contribution < 1.29 is 19.2 Å². The predicted molar refractivity (Wildman–Crippen MR) is 153 cm³/mol. The molecule has 0 aliphatic carbocycles. The molecule has 12 nitrogen and oxygen atoms in total. The number of aliphatic imine (C=N–C) groups is 1. The van der Waals surface area contributed by atoms with E-state index in [1.807, 2.05) is 54.6 Å². The number of carbonyl (C=O) groups is 4. The Balaban J connectivity index is 1.77. The van der Waals surface area contributed by atoms with Crippen LogP contribution in [0.4, 0.5) is 0 Å². The van der Waals surface area contributed by atoms with E-state index in [0.29, 0.717) is 6.42 Å². The quantitative estimate of drug-likeness (QED) is 0.0834. The monoisotopic (exact) mass is 548 g/mol. The summed E-state index contributed by atoms with van der Waals surface area (Å²) in [4.78, 5) is 57.9. The minimum absolute atomic E-state index is 0.0915. The number of hydrogen-bond acceptors (Lipinski definition) is 5. The molecule has 0 saturated carbocycles. The van der Waals surface area contributed by atoms with E-state index < -0.39 is 41.8 Å². The largest absolute Gasteiger partial charge is 0.370 e. The van der Waals surface area contributed by atoms with E-state index in [9.17, 15) is 19.2 Å². The highest BCUT2D eigenvalue weighted by atomic mass is 16.2. The number of guanidine groups is 1. The highest BCUT2D eigenvalue weighted by Crippen LogP contribution is 2.19. The number of carbonyl (C=O) groups excluding carboxylic acids is 4. The number of nitrogens with zero attached hydrogens (tertiary/aromatic N) is 1. The molecule has 4 amide bonds. The number of aromatic nitrogens is 1. The molecule has 1 heterocycles. The number of primary amides is 1. The van der Waals surface area contributed by atoms with Crippen LogP contribution in [-0.2, 0) is 32.0 Å². The number of fused-ring (bicyclic) bond motifs is 1. The second kappa shape index (κ2) is 14.3. The molecular formula is C28H36N8O4. The third-order valence-corrected chi connectivity index (χ3v) is 6.31. The molecular weight excluding hydrogens is 512 g/mol. The standard InChI is InChI=1S/C28H36N8O4/c1-17(37)34-24(14-18-8-3-2-4-9-18)27(40)35-22(12-7-13-32-28(30)31)26(39)36-23(25(29)38)15-19-16-33-21-11-6-5-10-20(19)21/h2-6,8-11,16,22-24,33H,7,12-15H2,1H3,(H2,29,38)(H,34,37)(H,35,40)(H,36,39)(H4,30,31,32)/t22-,23+,24-/m1/s1. The zero-order valence-corrected chi connectivity index (χ0v) is 22.4. The van der Waals surface area contributed by atoms with Crippen molar-refractivity contribution >= 4 is 40.5 Å². The summed E-state index contributed by atoms with van der Waals surface area (Å²) in [5, 5.41) is 8.97. The number of para-hydroxylation sites is 1. The van der Waals surface area contributed by atoms with Crippen molar-refractivity contribution in [1.82, 2.24) is 20.9 Å². The molecule has 0 unspecified atom stereocenters. The number of benzene rings is 2. The van der Waals surface area contributed by atoms with E-state index in [4.69, 9.17) is 17.2 Å². The van der Waals surface area contributed by atoms with Crippen molar-refractivity contribution in [2.45, 2.75) is 50.7 Å². The third kappa shape index (κ3) is 8.86. The second-order valence-corrected chi connectivity index (χ2v) is 9.48. The SMILES string of the molecule is CC(=O)N[C@H](Cc1ccccc1)C(=O)N[C@H](CCCN=C(N)N)C(=O)N[C@@H](Cc1c[nH]c2ccccc12)C(N)=O. The summed E-state index contributed by atoms with van der Waals surface area (Å²) in [6.45, 7) is 1.54. The van der Waals surface area contributed by atoms with Crippen molar-refractivity contribution in [2.24, 2.45) is 22.2 Å². The smallest absolute Gasteiger partial charge is 0.243 e. The van der Waals surface area contributed by atoms with Crippen molar-refractivity contribution in [1.29, 1.82) is 0 Å². The average molecular weight is 549 g/mol. The van der Waals surface area contributed by atoms with E-state index in [1.54, 1.807) is 6.20 Å². The molecule has 10 N–H and O–H groups in total. The van der Waals surface area contributed by atoms with Gasteiger partial charge in [-0.25, -0.2) is 0 Å². The van der Waals surface area contributed by atoms with Gasteiger partial charge in [-0.3, -0.25) is 24.2 Å². The number of rotatable bonds is 14. The lowest BCUT2D eigenvalue weighted by atomic mass is 10.0. The van der Waals surface area contributed by atoms with E-state index >= 15 is 0 Å². The van der Waals surface area contributed by atoms with Gasteiger partial charge in [0.25, 0.3) is 0 Å². The first-order chi connectivity index (χ1) is 19.1. The Morgan fingerprint density at radius 3 is 2.15 bits per heavy atom. The first-order valence-electron chi connectivity index (χ1n) is 13.0. The van der Waals surface area contributed by atoms with Gasteiger partial charge in [0.1, 0.15) is 18.1 Å². The summed E-state index contributed by atoms with van der Waals surface area (Å²) in [7, 11) is 0. The summed E-state index contributed by atoms with van der Waals surface area (Å²) in [6, 6.07) is 13.8. The van der Waals surface area contributed by atoms with E-state index in [-0.39, 0.29) is 31.8 Å². The van der Waals surface area contributed by atoms with E-state index in [1.165, 1.54) is 6.92 Å². The number of hydrogen-bond donors (Lipinski definition) is 7. The van der Waals surface area contributed by atoms with Crippen LogP contribution in [0.2, 0.25) is 0 Å². The fourth-order valence-corrected chi connectivity index (χ4v) is 4.36. The molecule has 2 aromatic carbocycles. The molecule has 0 radical (unpaired) electrons. The molecule has 1 aromatic heterocycles. The summed E-state index contributed by atoms with van der Waals surface area (Å²) < 4.78 is 0. The molecule has 0 spiro atoms. The molecule has 212 valence electrons. The van der Waals surface area contributed by atoms with Gasteiger partial charge in [-0.05, 0) is 30.0 Å². The molecule has 3 aromatic rings. The first-order valence-corrected chi connectivity index (χ1v) is 13.0. The van der Waals surface area contributed by atoms with Crippen LogP contribution in [0, 0.1) is 0 Å². The van der Waals surface area contributed by atoms with Crippen LogP contribution >= 0.6 is 0 Å². The first kappa shape index (κ1) is 29.7. The molecule has 0 bridgehead atoms. The Kier molecular flexibility index (Phi) is 10.6. The Labute approximate surface area is 232 Å². The number of nitrogens with one attached hydrogen (secondary N) is 4. The zero-order valence-electron chi connectivity index (χ0n) is 22.4. The fraction of sp³-hybridized carbons (Fsp3) is 0.321. The van der Waals surface area contributed by atoms with Gasteiger partial charge in [0.15, 0.2) is 5.96 Å². The van der Waals surface area contributed by atoms with Gasteiger partial charge in [0, 0.05) is 43.4 Å². The maximum atomic E-state index is 13.4. The fourth-order valence-electron chi connectivity index (χ4n) is 4.36. The summed E-state index contributed by atoms with van der Waals surface area (Å²) in [5.41, 5.74) is 19.0. The summed E-state index contributed by atoms with van der Waals surface area (Å²) in [5.74, 6) is -2.34. The van der Waals surface area contributed by atoms with Crippen molar-refractivity contribution in [3.8, 4) is 0 Å². The van der Waals surface area contributed by atoms with Crippen molar-refractivity contribution in [3.63, 3.8) is 0 Å².